The fourth-order valence-electron chi connectivity index (χ4n) is 4.02. The number of methoxy groups -OCH3 is 1. The van der Waals surface area contributed by atoms with Gasteiger partial charge in [-0.3, -0.25) is 4.79 Å². The Morgan fingerprint density at radius 1 is 1.17 bits per heavy atom. The fraction of sp³-hybridized carbons (Fsp3) is 0.500. The van der Waals surface area contributed by atoms with E-state index in [9.17, 15) is 13.2 Å². The van der Waals surface area contributed by atoms with Gasteiger partial charge < -0.3 is 9.64 Å². The van der Waals surface area contributed by atoms with Crippen LogP contribution in [-0.2, 0) is 21.2 Å². The average molecular weight is 449 g/mol. The number of nitrogens with zero attached hydrogens (tertiary/aromatic N) is 2. The Bertz CT molecular complexity index is 990. The molecule has 1 atom stereocenters. The third kappa shape index (κ3) is 4.40. The van der Waals surface area contributed by atoms with Gasteiger partial charge in [0.1, 0.15) is 9.96 Å². The molecule has 6 nitrogen and oxygen atoms in total. The van der Waals surface area contributed by atoms with Crippen molar-refractivity contribution < 1.29 is 17.9 Å². The smallest absolute Gasteiger partial charge is 0.252 e. The molecule has 1 aromatic heterocycles. The summed E-state index contributed by atoms with van der Waals surface area (Å²) in [7, 11) is -1.82. The fourth-order valence-corrected chi connectivity index (χ4v) is 7.04. The van der Waals surface area contributed by atoms with Gasteiger partial charge in [0.25, 0.3) is 10.0 Å². The number of hydrogen-bond donors (Lipinski definition) is 0. The number of thiophene rings is 1. The Kier molecular flexibility index (Phi) is 6.18. The van der Waals surface area contributed by atoms with Gasteiger partial charge in [0, 0.05) is 29.7 Å². The van der Waals surface area contributed by atoms with Crippen molar-refractivity contribution in [2.24, 2.45) is 5.92 Å². The number of carbonyl (C=O) groups excluding carboxylic acids is 1. The first-order chi connectivity index (χ1) is 14.4. The second kappa shape index (κ2) is 8.69. The number of ether oxygens (including phenoxy) is 1. The Morgan fingerprint density at radius 3 is 2.43 bits per heavy atom. The molecule has 1 saturated heterocycles. The van der Waals surface area contributed by atoms with E-state index in [2.05, 4.69) is 6.92 Å². The van der Waals surface area contributed by atoms with Crippen LogP contribution in [-0.4, -0.2) is 44.9 Å². The zero-order chi connectivity index (χ0) is 21.3. The lowest BCUT2D eigenvalue weighted by atomic mass is 10.1. The minimum atomic E-state index is -3.44. The summed E-state index contributed by atoms with van der Waals surface area (Å²) >= 11 is 1.21. The molecule has 2 aromatic rings. The molecule has 1 unspecified atom stereocenters. The molecule has 0 N–H and O–H groups in total. The van der Waals surface area contributed by atoms with Gasteiger partial charge in [-0.15, -0.1) is 11.3 Å². The molecule has 0 radical (unpaired) electrons. The molecule has 2 aliphatic rings. The SMILES string of the molecule is COc1ccc(N(C(=O)Cc2ccc(S(=O)(=O)N3CCCC3)s2)C(C)C2CC2)cc1. The number of amides is 1. The van der Waals surface area contributed by atoms with Gasteiger partial charge in [0.2, 0.25) is 5.91 Å². The summed E-state index contributed by atoms with van der Waals surface area (Å²) in [5.74, 6) is 1.26. The van der Waals surface area contributed by atoms with Crippen LogP contribution in [0.4, 0.5) is 5.69 Å². The summed E-state index contributed by atoms with van der Waals surface area (Å²) in [4.78, 5) is 15.9. The molecular formula is C22H28N2O4S2. The maximum atomic E-state index is 13.3. The summed E-state index contributed by atoms with van der Waals surface area (Å²) in [5, 5.41) is 0. The molecule has 0 spiro atoms. The lowest BCUT2D eigenvalue weighted by Gasteiger charge is -2.29. The zero-order valence-electron chi connectivity index (χ0n) is 17.4. The van der Waals surface area contributed by atoms with Crippen LogP contribution in [0.3, 0.4) is 0 Å². The van der Waals surface area contributed by atoms with E-state index in [0.29, 0.717) is 23.2 Å². The van der Waals surface area contributed by atoms with Crippen molar-refractivity contribution in [3.63, 3.8) is 0 Å². The normalized spacial score (nSPS) is 18.3. The summed E-state index contributed by atoms with van der Waals surface area (Å²) in [6.07, 6.45) is 4.29. The second-order valence-corrected chi connectivity index (χ2v) is 11.4. The Morgan fingerprint density at radius 2 is 1.83 bits per heavy atom. The first-order valence-corrected chi connectivity index (χ1v) is 12.7. The highest BCUT2D eigenvalue weighted by Crippen LogP contribution is 2.38. The van der Waals surface area contributed by atoms with Gasteiger partial charge >= 0.3 is 0 Å². The van der Waals surface area contributed by atoms with E-state index < -0.39 is 10.0 Å². The van der Waals surface area contributed by atoms with Crippen molar-refractivity contribution >= 4 is 33.0 Å². The summed E-state index contributed by atoms with van der Waals surface area (Å²) < 4.78 is 32.7. The summed E-state index contributed by atoms with van der Waals surface area (Å²) in [6.45, 7) is 3.26. The van der Waals surface area contributed by atoms with Gasteiger partial charge in [-0.25, -0.2) is 8.42 Å². The Labute approximate surface area is 182 Å². The molecule has 4 rings (SSSR count). The molecule has 1 amide bonds. The minimum Gasteiger partial charge on any atom is -0.497 e. The largest absolute Gasteiger partial charge is 0.497 e. The Hall–Kier alpha value is -1.90. The number of rotatable bonds is 8. The summed E-state index contributed by atoms with van der Waals surface area (Å²) in [6, 6.07) is 11.1. The van der Waals surface area contributed by atoms with Gasteiger partial charge in [-0.05, 0) is 74.9 Å². The predicted octanol–water partition coefficient (Wildman–Crippen LogP) is 3.92. The van der Waals surface area contributed by atoms with E-state index in [1.807, 2.05) is 29.2 Å². The van der Waals surface area contributed by atoms with E-state index in [1.165, 1.54) is 11.3 Å². The molecule has 2 heterocycles. The van der Waals surface area contributed by atoms with Gasteiger partial charge in [0.05, 0.1) is 13.5 Å². The molecule has 0 bridgehead atoms. The van der Waals surface area contributed by atoms with Crippen LogP contribution >= 0.6 is 11.3 Å². The number of benzene rings is 1. The van der Waals surface area contributed by atoms with Gasteiger partial charge in [-0.2, -0.15) is 4.31 Å². The van der Waals surface area contributed by atoms with Crippen LogP contribution in [0.15, 0.2) is 40.6 Å². The monoisotopic (exact) mass is 448 g/mol. The van der Waals surface area contributed by atoms with E-state index in [-0.39, 0.29) is 18.4 Å². The maximum Gasteiger partial charge on any atom is 0.252 e. The van der Waals surface area contributed by atoms with Crippen LogP contribution < -0.4 is 9.64 Å². The third-order valence-electron chi connectivity index (χ3n) is 5.95. The first kappa shape index (κ1) is 21.3. The number of hydrogen-bond acceptors (Lipinski definition) is 5. The maximum absolute atomic E-state index is 13.3. The van der Waals surface area contributed by atoms with Crippen molar-refractivity contribution in [3.8, 4) is 5.75 Å². The zero-order valence-corrected chi connectivity index (χ0v) is 19.0. The van der Waals surface area contributed by atoms with Gasteiger partial charge in [-0.1, -0.05) is 0 Å². The molecule has 8 heteroatoms. The molecule has 162 valence electrons. The van der Waals surface area contributed by atoms with Crippen molar-refractivity contribution in [1.29, 1.82) is 0 Å². The first-order valence-electron chi connectivity index (χ1n) is 10.4. The standard InChI is InChI=1S/C22H28N2O4S2/c1-16(17-5-6-17)24(18-7-9-19(28-2)10-8-18)21(25)15-20-11-12-22(29-20)30(26,27)23-13-3-4-14-23/h7-12,16-17H,3-6,13-15H2,1-2H3. The van der Waals surface area contributed by atoms with Crippen molar-refractivity contribution in [3.05, 3.63) is 41.3 Å². The van der Waals surface area contributed by atoms with Crippen LogP contribution in [0.1, 0.15) is 37.5 Å². The molecule has 2 fully saturated rings. The number of anilines is 1. The highest BCUT2D eigenvalue weighted by Gasteiger charge is 2.35. The highest BCUT2D eigenvalue weighted by atomic mass is 32.2. The van der Waals surface area contributed by atoms with E-state index in [0.717, 1.165) is 42.0 Å². The lowest BCUT2D eigenvalue weighted by Crippen LogP contribution is -2.41. The van der Waals surface area contributed by atoms with Crippen molar-refractivity contribution in [2.45, 2.75) is 49.3 Å². The van der Waals surface area contributed by atoms with Crippen molar-refractivity contribution in [1.82, 2.24) is 4.31 Å². The van der Waals surface area contributed by atoms with Crippen LogP contribution in [0, 0.1) is 5.92 Å². The van der Waals surface area contributed by atoms with Gasteiger partial charge in [0.15, 0.2) is 0 Å². The van der Waals surface area contributed by atoms with Crippen molar-refractivity contribution in [2.75, 3.05) is 25.1 Å². The van der Waals surface area contributed by atoms with E-state index in [1.54, 1.807) is 23.5 Å². The van der Waals surface area contributed by atoms with Crippen LogP contribution in [0.25, 0.3) is 0 Å². The number of sulfonamides is 1. The minimum absolute atomic E-state index is 0.00784. The molecule has 1 aromatic carbocycles. The van der Waals surface area contributed by atoms with E-state index >= 15 is 0 Å². The van der Waals surface area contributed by atoms with Crippen LogP contribution in [0.5, 0.6) is 5.75 Å². The third-order valence-corrected chi connectivity index (χ3v) is 9.40. The topological polar surface area (TPSA) is 66.9 Å². The number of carbonyl (C=O) groups is 1. The average Bonchev–Trinajstić information content (AvgIpc) is 3.22. The molecule has 30 heavy (non-hydrogen) atoms. The summed E-state index contributed by atoms with van der Waals surface area (Å²) in [5.41, 5.74) is 0.849. The van der Waals surface area contributed by atoms with Crippen LogP contribution in [0.2, 0.25) is 0 Å². The highest BCUT2D eigenvalue weighted by molar-refractivity contribution is 7.91. The molecule has 1 saturated carbocycles. The Balaban J connectivity index is 1.53. The lowest BCUT2D eigenvalue weighted by molar-refractivity contribution is -0.118. The molecular weight excluding hydrogens is 420 g/mol. The van der Waals surface area contributed by atoms with E-state index in [4.69, 9.17) is 4.74 Å². The molecule has 1 aliphatic heterocycles. The molecule has 1 aliphatic carbocycles. The quantitative estimate of drug-likeness (QED) is 0.614. The second-order valence-electron chi connectivity index (χ2n) is 8.05. The predicted molar refractivity (Wildman–Crippen MR) is 119 cm³/mol.